The minimum absolute atomic E-state index is 0.00689. The molecule has 2 heterocycles. The predicted molar refractivity (Wildman–Crippen MR) is 196 cm³/mol. The van der Waals surface area contributed by atoms with Gasteiger partial charge in [0.25, 0.3) is 5.91 Å². The van der Waals surface area contributed by atoms with E-state index in [2.05, 4.69) is 21.1 Å². The molecule has 5 rings (SSSR count). The first-order chi connectivity index (χ1) is 24.1. The molecule has 0 unspecified atom stereocenters. The standard InChI is InChI=1S/C38H55ClN6O6/c1-7-11-27(32(47)35(49)40-25-15-16-25)41-34(48)30-21-38(20-28(43-51-38)24-14-17-29(44(5)6)26(39)19-24)22-45(30)36(50)33(37(2,3)4)42-31(46)18-23-12-9-8-10-13-23/h14,17,19,23,25,27,30,33H,7-13,15-16,18,20-22H2,1-6H3,(H,40,49)(H,41,48)(H,42,46)/t27-,30-,33+,38+/m0/s1. The molecule has 0 radical (unpaired) electrons. The lowest BCUT2D eigenvalue weighted by molar-refractivity contribution is -0.145. The molecule has 3 N–H and O–H groups in total. The number of amides is 4. The van der Waals surface area contributed by atoms with Crippen molar-refractivity contribution in [3.63, 3.8) is 0 Å². The van der Waals surface area contributed by atoms with Crippen LogP contribution in [-0.2, 0) is 28.8 Å². The first kappa shape index (κ1) is 38.6. The number of rotatable bonds is 13. The first-order valence-electron chi connectivity index (χ1n) is 18.6. The molecule has 1 aromatic rings. The second-order valence-electron chi connectivity index (χ2n) is 16.3. The van der Waals surface area contributed by atoms with Gasteiger partial charge in [-0.05, 0) is 55.6 Å². The summed E-state index contributed by atoms with van der Waals surface area (Å²) < 4.78 is 0. The van der Waals surface area contributed by atoms with Crippen molar-refractivity contribution in [3.05, 3.63) is 28.8 Å². The highest BCUT2D eigenvalue weighted by Crippen LogP contribution is 2.41. The Morgan fingerprint density at radius 3 is 2.37 bits per heavy atom. The molecule has 2 saturated carbocycles. The zero-order valence-corrected chi connectivity index (χ0v) is 31.7. The summed E-state index contributed by atoms with van der Waals surface area (Å²) in [5.41, 5.74) is 0.554. The van der Waals surface area contributed by atoms with Gasteiger partial charge in [-0.2, -0.15) is 0 Å². The van der Waals surface area contributed by atoms with Crippen LogP contribution in [0, 0.1) is 11.3 Å². The molecule has 2 aliphatic carbocycles. The van der Waals surface area contributed by atoms with Crippen LogP contribution >= 0.6 is 11.6 Å². The Labute approximate surface area is 306 Å². The third kappa shape index (κ3) is 9.42. The number of oxime groups is 1. The molecule has 1 aromatic carbocycles. The van der Waals surface area contributed by atoms with E-state index in [0.29, 0.717) is 30.0 Å². The van der Waals surface area contributed by atoms with Gasteiger partial charge in [-0.3, -0.25) is 24.0 Å². The van der Waals surface area contributed by atoms with E-state index in [1.54, 1.807) is 0 Å². The summed E-state index contributed by atoms with van der Waals surface area (Å²) in [6.07, 6.45) is 8.63. The molecule has 4 aliphatic rings. The largest absolute Gasteiger partial charge is 0.387 e. The Kier molecular flexibility index (Phi) is 12.0. The van der Waals surface area contributed by atoms with Crippen molar-refractivity contribution in [3.8, 4) is 0 Å². The molecule has 4 atom stereocenters. The summed E-state index contributed by atoms with van der Waals surface area (Å²) in [7, 11) is 3.81. The smallest absolute Gasteiger partial charge is 0.289 e. The topological polar surface area (TPSA) is 150 Å². The number of hydrogen-bond donors (Lipinski definition) is 3. The lowest BCUT2D eigenvalue weighted by Crippen LogP contribution is -2.59. The number of hydrogen-bond acceptors (Lipinski definition) is 8. The van der Waals surface area contributed by atoms with Gasteiger partial charge in [0.15, 0.2) is 5.60 Å². The number of anilines is 1. The zero-order chi connectivity index (χ0) is 37.1. The van der Waals surface area contributed by atoms with E-state index in [1.807, 2.05) is 64.9 Å². The van der Waals surface area contributed by atoms with Crippen LogP contribution in [0.15, 0.2) is 23.4 Å². The van der Waals surface area contributed by atoms with Gasteiger partial charge in [0.2, 0.25) is 23.5 Å². The Bertz CT molecular complexity index is 1530. The van der Waals surface area contributed by atoms with E-state index < -0.39 is 52.6 Å². The quantitative estimate of drug-likeness (QED) is 0.254. The maximum absolute atomic E-state index is 14.6. The maximum atomic E-state index is 14.6. The van der Waals surface area contributed by atoms with Crippen molar-refractivity contribution in [1.29, 1.82) is 0 Å². The van der Waals surface area contributed by atoms with Crippen LogP contribution in [0.1, 0.15) is 110 Å². The molecule has 4 amide bonds. The predicted octanol–water partition coefficient (Wildman–Crippen LogP) is 4.50. The average Bonchev–Trinajstić information content (AvgIpc) is 3.67. The average molecular weight is 727 g/mol. The molecular formula is C38H55ClN6O6. The van der Waals surface area contributed by atoms with Gasteiger partial charge in [-0.15, -0.1) is 0 Å². The van der Waals surface area contributed by atoms with Gasteiger partial charge in [0.05, 0.1) is 29.0 Å². The normalized spacial score (nSPS) is 23.2. The molecule has 1 spiro atoms. The third-order valence-electron chi connectivity index (χ3n) is 10.6. The van der Waals surface area contributed by atoms with Gasteiger partial charge in [-0.1, -0.05) is 76.2 Å². The van der Waals surface area contributed by atoms with E-state index >= 15 is 0 Å². The molecule has 13 heteroatoms. The van der Waals surface area contributed by atoms with E-state index in [1.165, 1.54) is 11.3 Å². The molecular weight excluding hydrogens is 672 g/mol. The van der Waals surface area contributed by atoms with Crippen LogP contribution in [0.4, 0.5) is 5.69 Å². The van der Waals surface area contributed by atoms with Crippen LogP contribution in [-0.4, -0.2) is 90.4 Å². The van der Waals surface area contributed by atoms with Gasteiger partial charge >= 0.3 is 0 Å². The molecule has 2 aliphatic heterocycles. The fraction of sp³-hybridized carbons (Fsp3) is 0.684. The van der Waals surface area contributed by atoms with Crippen LogP contribution < -0.4 is 20.9 Å². The second-order valence-corrected chi connectivity index (χ2v) is 16.7. The Hall–Kier alpha value is -3.67. The fourth-order valence-corrected chi connectivity index (χ4v) is 7.84. The molecule has 0 aromatic heterocycles. The van der Waals surface area contributed by atoms with Crippen LogP contribution in [0.25, 0.3) is 0 Å². The molecule has 3 fully saturated rings. The molecule has 51 heavy (non-hydrogen) atoms. The Morgan fingerprint density at radius 2 is 1.76 bits per heavy atom. The van der Waals surface area contributed by atoms with Crippen molar-refractivity contribution >= 4 is 52.4 Å². The van der Waals surface area contributed by atoms with Crippen LogP contribution in [0.2, 0.25) is 5.02 Å². The summed E-state index contributed by atoms with van der Waals surface area (Å²) >= 11 is 6.58. The molecule has 0 bridgehead atoms. The highest BCUT2D eigenvalue weighted by atomic mass is 35.5. The Balaban J connectivity index is 1.39. The second kappa shape index (κ2) is 15.9. The molecule has 12 nitrogen and oxygen atoms in total. The summed E-state index contributed by atoms with van der Waals surface area (Å²) in [6, 6.07) is 2.63. The first-order valence-corrected chi connectivity index (χ1v) is 19.0. The highest BCUT2D eigenvalue weighted by molar-refractivity contribution is 6.38. The van der Waals surface area contributed by atoms with Crippen molar-refractivity contribution in [2.45, 2.75) is 135 Å². The maximum Gasteiger partial charge on any atom is 0.289 e. The number of halogens is 1. The van der Waals surface area contributed by atoms with E-state index in [0.717, 1.165) is 49.8 Å². The van der Waals surface area contributed by atoms with E-state index in [9.17, 15) is 24.0 Å². The Morgan fingerprint density at radius 1 is 1.06 bits per heavy atom. The SMILES string of the molecule is CCC[C@H](NC(=O)[C@@H]1C[C@]2(CC(c3ccc(N(C)C)c(Cl)c3)=NO2)CN1C(=O)[C@@H](NC(=O)CC1CCCCC1)C(C)(C)C)C(=O)C(=O)NC1CC1. The molecule has 1 saturated heterocycles. The minimum atomic E-state index is -1.04. The highest BCUT2D eigenvalue weighted by Gasteiger charge is 2.55. The summed E-state index contributed by atoms with van der Waals surface area (Å²) in [5.74, 6) is -2.26. The van der Waals surface area contributed by atoms with Crippen molar-refractivity contribution in [2.75, 3.05) is 25.5 Å². The van der Waals surface area contributed by atoms with E-state index in [4.69, 9.17) is 16.4 Å². The van der Waals surface area contributed by atoms with Crippen LogP contribution in [0.5, 0.6) is 0 Å². The number of nitrogens with one attached hydrogen (secondary N) is 3. The van der Waals surface area contributed by atoms with Crippen molar-refractivity contribution in [1.82, 2.24) is 20.9 Å². The number of nitrogens with zero attached hydrogens (tertiary/aromatic N) is 3. The number of carbonyl (C=O) groups excluding carboxylic acids is 5. The fourth-order valence-electron chi connectivity index (χ4n) is 7.49. The third-order valence-corrected chi connectivity index (χ3v) is 10.9. The lowest BCUT2D eigenvalue weighted by Gasteiger charge is -2.36. The summed E-state index contributed by atoms with van der Waals surface area (Å²) in [6.45, 7) is 7.58. The number of ketones is 1. The summed E-state index contributed by atoms with van der Waals surface area (Å²) in [4.78, 5) is 77.7. The zero-order valence-electron chi connectivity index (χ0n) is 31.0. The van der Waals surface area contributed by atoms with Crippen molar-refractivity contribution in [2.24, 2.45) is 16.5 Å². The van der Waals surface area contributed by atoms with Gasteiger partial charge in [0.1, 0.15) is 12.1 Å². The number of benzene rings is 1. The van der Waals surface area contributed by atoms with Crippen LogP contribution in [0.3, 0.4) is 0 Å². The monoisotopic (exact) mass is 726 g/mol. The number of likely N-dealkylation sites (tertiary alicyclic amines) is 1. The number of Topliss-reactive ketones (excluding diaryl/α,β-unsaturated/α-hetero) is 1. The summed E-state index contributed by atoms with van der Waals surface area (Å²) in [5, 5.41) is 13.6. The number of carbonyl (C=O) groups is 5. The van der Waals surface area contributed by atoms with Gasteiger partial charge in [0, 0.05) is 45.0 Å². The van der Waals surface area contributed by atoms with E-state index in [-0.39, 0.29) is 37.3 Å². The lowest BCUT2D eigenvalue weighted by atomic mass is 9.84. The minimum Gasteiger partial charge on any atom is -0.387 e. The van der Waals surface area contributed by atoms with Gasteiger partial charge < -0.3 is 30.6 Å². The van der Waals surface area contributed by atoms with Gasteiger partial charge in [-0.25, -0.2) is 0 Å². The van der Waals surface area contributed by atoms with Crippen molar-refractivity contribution < 1.29 is 28.8 Å². The molecule has 280 valence electrons.